The van der Waals surface area contributed by atoms with Gasteiger partial charge in [-0.15, -0.1) is 0 Å². The van der Waals surface area contributed by atoms with Gasteiger partial charge in [0.15, 0.2) is 0 Å². The summed E-state index contributed by atoms with van der Waals surface area (Å²) in [7, 11) is 1.76. The number of anilines is 1. The molecule has 30 heavy (non-hydrogen) atoms. The van der Waals surface area contributed by atoms with Crippen molar-refractivity contribution in [3.8, 4) is 11.3 Å². The molecule has 0 saturated carbocycles. The average Bonchev–Trinajstić information content (AvgIpc) is 2.77. The van der Waals surface area contributed by atoms with Crippen LogP contribution in [-0.2, 0) is 10.9 Å². The lowest BCUT2D eigenvalue weighted by atomic mass is 10.0. The Hall–Kier alpha value is -2.45. The summed E-state index contributed by atoms with van der Waals surface area (Å²) in [5, 5.41) is 3.28. The second-order valence-electron chi connectivity index (χ2n) is 7.56. The Balaban J connectivity index is 1.45. The largest absolute Gasteiger partial charge is 0.418 e. The van der Waals surface area contributed by atoms with E-state index in [2.05, 4.69) is 20.2 Å². The number of alkyl halides is 3. The molecule has 0 amide bonds. The van der Waals surface area contributed by atoms with Gasteiger partial charge in [0, 0.05) is 56.2 Å². The van der Waals surface area contributed by atoms with E-state index in [-0.39, 0.29) is 5.69 Å². The van der Waals surface area contributed by atoms with E-state index in [1.807, 2.05) is 0 Å². The predicted molar refractivity (Wildman–Crippen MR) is 110 cm³/mol. The molecule has 0 aliphatic carbocycles. The number of aromatic nitrogens is 1. The fraction of sp³-hybridized carbons (Fsp3) is 0.409. The molecular weight excluding hydrogens is 393 g/mol. The highest BCUT2D eigenvalue weighted by Gasteiger charge is 2.34. The summed E-state index contributed by atoms with van der Waals surface area (Å²) in [5.74, 6) is 0.811. The number of nitrogens with one attached hydrogen (secondary N) is 1. The highest BCUT2D eigenvalue weighted by Crippen LogP contribution is 2.37. The first-order chi connectivity index (χ1) is 14.4. The summed E-state index contributed by atoms with van der Waals surface area (Å²) in [6, 6.07) is 7.48. The standard InChI is InChI=1S/C22H24F3N4O/c1-30-17-6-10-29(11-7-17)12-8-20-27-14-16-5-4-15(13-19(16)28-20)21-18(22(23,24)25)3-2-9-26-21/h2-5,9,13-14,17H,6-8,10-12H2,1H3,(H,27,28). The van der Waals surface area contributed by atoms with Crippen LogP contribution in [0.15, 0.2) is 41.5 Å². The lowest BCUT2D eigenvalue weighted by molar-refractivity contribution is -0.137. The van der Waals surface area contributed by atoms with Crippen LogP contribution >= 0.6 is 0 Å². The summed E-state index contributed by atoms with van der Waals surface area (Å²) in [6.07, 6.45) is 0.0688. The molecule has 5 nitrogen and oxygen atoms in total. The van der Waals surface area contributed by atoms with Crippen molar-refractivity contribution in [1.29, 1.82) is 0 Å². The third kappa shape index (κ3) is 4.65. The number of benzene rings is 1. The number of hydrogen-bond donors (Lipinski definition) is 1. The molecule has 1 aromatic heterocycles. The maximum atomic E-state index is 13.4. The zero-order valence-corrected chi connectivity index (χ0v) is 16.7. The minimum Gasteiger partial charge on any atom is -0.381 e. The summed E-state index contributed by atoms with van der Waals surface area (Å²) >= 11 is 0. The number of nitrogens with zero attached hydrogens (tertiary/aromatic N) is 3. The summed E-state index contributed by atoms with van der Waals surface area (Å²) < 4.78 is 45.5. The number of likely N-dealkylation sites (tertiary alicyclic amines) is 1. The molecule has 0 spiro atoms. The van der Waals surface area contributed by atoms with Gasteiger partial charge in [-0.3, -0.25) is 9.98 Å². The Morgan fingerprint density at radius 3 is 2.73 bits per heavy atom. The van der Waals surface area contributed by atoms with Crippen molar-refractivity contribution in [2.75, 3.05) is 32.1 Å². The number of halogens is 3. The Bertz CT molecular complexity index is 921. The monoisotopic (exact) mass is 417 g/mol. The number of rotatable bonds is 5. The molecule has 0 unspecified atom stereocenters. The fourth-order valence-corrected chi connectivity index (χ4v) is 3.88. The third-order valence-corrected chi connectivity index (χ3v) is 5.61. The number of ether oxygens (including phenoxy) is 1. The van der Waals surface area contributed by atoms with Gasteiger partial charge in [-0.2, -0.15) is 13.2 Å². The van der Waals surface area contributed by atoms with Crippen LogP contribution in [0.4, 0.5) is 18.9 Å². The van der Waals surface area contributed by atoms with E-state index in [1.54, 1.807) is 31.9 Å². The lowest BCUT2D eigenvalue weighted by Gasteiger charge is -2.31. The van der Waals surface area contributed by atoms with Crippen molar-refractivity contribution in [3.05, 3.63) is 54.2 Å². The molecule has 1 saturated heterocycles. The highest BCUT2D eigenvalue weighted by atomic mass is 19.4. The van der Waals surface area contributed by atoms with Crippen LogP contribution in [0, 0.1) is 6.54 Å². The molecule has 1 aromatic carbocycles. The van der Waals surface area contributed by atoms with Crippen LogP contribution in [0.5, 0.6) is 0 Å². The zero-order chi connectivity index (χ0) is 21.1. The Morgan fingerprint density at radius 2 is 2.00 bits per heavy atom. The molecule has 2 aliphatic rings. The van der Waals surface area contributed by atoms with E-state index < -0.39 is 11.7 Å². The number of aliphatic imine (C=N–C) groups is 1. The third-order valence-electron chi connectivity index (χ3n) is 5.61. The van der Waals surface area contributed by atoms with Gasteiger partial charge in [0.25, 0.3) is 0 Å². The normalized spacial score (nSPS) is 17.9. The molecule has 159 valence electrons. The maximum absolute atomic E-state index is 13.4. The summed E-state index contributed by atoms with van der Waals surface area (Å²) in [4.78, 5) is 10.9. The molecule has 1 radical (unpaired) electrons. The van der Waals surface area contributed by atoms with Crippen LogP contribution in [0.3, 0.4) is 0 Å². The highest BCUT2D eigenvalue weighted by molar-refractivity contribution is 5.99. The van der Waals surface area contributed by atoms with Crippen molar-refractivity contribution in [1.82, 2.24) is 9.88 Å². The topological polar surface area (TPSA) is 49.8 Å². The number of pyridine rings is 1. The van der Waals surface area contributed by atoms with E-state index in [0.29, 0.717) is 11.7 Å². The average molecular weight is 417 g/mol. The maximum Gasteiger partial charge on any atom is 0.418 e. The Kier molecular flexibility index (Phi) is 6.06. The fourth-order valence-electron chi connectivity index (χ4n) is 3.88. The molecule has 2 aromatic rings. The van der Waals surface area contributed by atoms with Crippen molar-refractivity contribution in [2.24, 2.45) is 4.99 Å². The van der Waals surface area contributed by atoms with Crippen LogP contribution in [0.25, 0.3) is 11.3 Å². The predicted octanol–water partition coefficient (Wildman–Crippen LogP) is 4.60. The number of piperidine rings is 1. The van der Waals surface area contributed by atoms with Gasteiger partial charge in [0.1, 0.15) is 12.4 Å². The quantitative estimate of drug-likeness (QED) is 0.773. The molecule has 0 atom stereocenters. The molecule has 4 rings (SSSR count). The van der Waals surface area contributed by atoms with E-state index in [9.17, 15) is 13.2 Å². The molecular formula is C22H24F3N4O. The van der Waals surface area contributed by atoms with Crippen molar-refractivity contribution in [3.63, 3.8) is 0 Å². The van der Waals surface area contributed by atoms with Crippen molar-refractivity contribution < 1.29 is 17.9 Å². The van der Waals surface area contributed by atoms with Gasteiger partial charge in [-0.25, -0.2) is 0 Å². The zero-order valence-electron chi connectivity index (χ0n) is 16.7. The number of amidine groups is 1. The minimum absolute atomic E-state index is 0.0697. The smallest absolute Gasteiger partial charge is 0.381 e. The SMILES string of the molecule is COC1CCN(CCC2=N[CH]c3ccc(-c4ncccc4C(F)(F)F)cc3N2)CC1. The van der Waals surface area contributed by atoms with Crippen LogP contribution in [-0.4, -0.2) is 48.6 Å². The second kappa shape index (κ2) is 8.73. The first-order valence-corrected chi connectivity index (χ1v) is 10.0. The minimum atomic E-state index is -4.46. The first kappa shape index (κ1) is 20.8. The van der Waals surface area contributed by atoms with Gasteiger partial charge >= 0.3 is 6.18 Å². The van der Waals surface area contributed by atoms with Gasteiger partial charge in [-0.1, -0.05) is 12.1 Å². The first-order valence-electron chi connectivity index (χ1n) is 10.0. The van der Waals surface area contributed by atoms with Gasteiger partial charge in [0.2, 0.25) is 0 Å². The summed E-state index contributed by atoms with van der Waals surface area (Å²) in [6.45, 7) is 4.63. The number of hydrogen-bond acceptors (Lipinski definition) is 5. The summed E-state index contributed by atoms with van der Waals surface area (Å²) in [5.41, 5.74) is 1.20. The van der Waals surface area contributed by atoms with Crippen LogP contribution in [0.2, 0.25) is 0 Å². The van der Waals surface area contributed by atoms with E-state index in [1.165, 1.54) is 12.3 Å². The number of fused-ring (bicyclic) bond motifs is 1. The second-order valence-corrected chi connectivity index (χ2v) is 7.56. The van der Waals surface area contributed by atoms with Crippen LogP contribution in [0.1, 0.15) is 30.4 Å². The van der Waals surface area contributed by atoms with E-state index >= 15 is 0 Å². The van der Waals surface area contributed by atoms with Gasteiger partial charge < -0.3 is 15.0 Å². The van der Waals surface area contributed by atoms with E-state index in [0.717, 1.165) is 62.0 Å². The van der Waals surface area contributed by atoms with E-state index in [4.69, 9.17) is 4.74 Å². The lowest BCUT2D eigenvalue weighted by Crippen LogP contribution is -2.38. The Labute approximate surface area is 174 Å². The molecule has 1 fully saturated rings. The van der Waals surface area contributed by atoms with Crippen LogP contribution < -0.4 is 5.32 Å². The van der Waals surface area contributed by atoms with Gasteiger partial charge in [-0.05, 0) is 31.0 Å². The molecule has 8 heteroatoms. The molecule has 3 heterocycles. The Morgan fingerprint density at radius 1 is 1.20 bits per heavy atom. The molecule has 1 N–H and O–H groups in total. The molecule has 0 bridgehead atoms. The van der Waals surface area contributed by atoms with Crippen molar-refractivity contribution in [2.45, 2.75) is 31.5 Å². The van der Waals surface area contributed by atoms with Gasteiger partial charge in [0.05, 0.1) is 17.4 Å². The van der Waals surface area contributed by atoms with Crippen molar-refractivity contribution >= 4 is 11.5 Å². The molecule has 2 aliphatic heterocycles. The number of methoxy groups -OCH3 is 1.